The average Bonchev–Trinajstić information content (AvgIpc) is 2.97. The number of hydrogen-bond acceptors (Lipinski definition) is 5. The summed E-state index contributed by atoms with van der Waals surface area (Å²) in [5, 5.41) is 13.6. The van der Waals surface area contributed by atoms with Gasteiger partial charge >= 0.3 is 0 Å². The van der Waals surface area contributed by atoms with Crippen molar-refractivity contribution in [1.29, 1.82) is 0 Å². The Kier molecular flexibility index (Phi) is 5.01. The molecule has 2 N–H and O–H groups in total. The van der Waals surface area contributed by atoms with Crippen LogP contribution in [0, 0.1) is 0 Å². The van der Waals surface area contributed by atoms with Crippen LogP contribution in [0.3, 0.4) is 0 Å². The van der Waals surface area contributed by atoms with Crippen molar-refractivity contribution in [3.8, 4) is 11.5 Å². The lowest BCUT2D eigenvalue weighted by Crippen LogP contribution is -2.33. The van der Waals surface area contributed by atoms with E-state index >= 15 is 0 Å². The third kappa shape index (κ3) is 3.59. The van der Waals surface area contributed by atoms with Crippen LogP contribution in [0.25, 0.3) is 0 Å². The van der Waals surface area contributed by atoms with Crippen molar-refractivity contribution < 1.29 is 19.3 Å². The summed E-state index contributed by atoms with van der Waals surface area (Å²) in [5.74, 6) is 1.37. The zero-order valence-corrected chi connectivity index (χ0v) is 11.4. The quantitative estimate of drug-likeness (QED) is 0.808. The number of benzene rings is 1. The highest BCUT2D eigenvalue weighted by atomic mass is 16.5. The molecule has 106 valence electrons. The normalized spacial score (nSPS) is 20.3. The third-order valence-corrected chi connectivity index (χ3v) is 3.33. The summed E-state index contributed by atoms with van der Waals surface area (Å²) >= 11 is 0. The molecule has 19 heavy (non-hydrogen) atoms. The molecule has 5 nitrogen and oxygen atoms in total. The molecule has 1 heterocycles. The summed E-state index contributed by atoms with van der Waals surface area (Å²) in [7, 11) is 3.20. The van der Waals surface area contributed by atoms with Crippen molar-refractivity contribution in [3.05, 3.63) is 23.8 Å². The summed E-state index contributed by atoms with van der Waals surface area (Å²) in [6.45, 7) is 1.97. The number of aliphatic hydroxyl groups is 1. The van der Waals surface area contributed by atoms with Gasteiger partial charge in [0.05, 0.1) is 26.9 Å². The first kappa shape index (κ1) is 14.1. The fraction of sp³-hybridized carbons (Fsp3) is 0.571. The second-order valence-corrected chi connectivity index (χ2v) is 4.59. The van der Waals surface area contributed by atoms with Gasteiger partial charge < -0.3 is 24.6 Å². The molecule has 2 atom stereocenters. The zero-order chi connectivity index (χ0) is 13.7. The molecule has 0 amide bonds. The topological polar surface area (TPSA) is 60.0 Å². The van der Waals surface area contributed by atoms with Crippen molar-refractivity contribution in [1.82, 2.24) is 5.32 Å². The molecule has 0 saturated carbocycles. The van der Waals surface area contributed by atoms with Crippen molar-refractivity contribution in [3.63, 3.8) is 0 Å². The Morgan fingerprint density at radius 1 is 1.42 bits per heavy atom. The van der Waals surface area contributed by atoms with Gasteiger partial charge in [0.25, 0.3) is 0 Å². The minimum atomic E-state index is -0.634. The highest BCUT2D eigenvalue weighted by molar-refractivity contribution is 5.41. The van der Waals surface area contributed by atoms with Crippen LogP contribution in [0.4, 0.5) is 0 Å². The van der Waals surface area contributed by atoms with E-state index in [4.69, 9.17) is 14.2 Å². The van der Waals surface area contributed by atoms with Gasteiger partial charge in [-0.05, 0) is 24.6 Å². The molecule has 1 saturated heterocycles. The average molecular weight is 267 g/mol. The summed E-state index contributed by atoms with van der Waals surface area (Å²) in [6.07, 6.45) is 0.354. The van der Waals surface area contributed by atoms with Crippen LogP contribution >= 0.6 is 0 Å². The number of hydrogen-bond donors (Lipinski definition) is 2. The van der Waals surface area contributed by atoms with Crippen LogP contribution < -0.4 is 14.8 Å². The second-order valence-electron chi connectivity index (χ2n) is 4.59. The number of methoxy groups -OCH3 is 2. The van der Waals surface area contributed by atoms with Gasteiger partial charge in [-0.3, -0.25) is 0 Å². The van der Waals surface area contributed by atoms with Crippen LogP contribution in [-0.4, -0.2) is 45.1 Å². The highest BCUT2D eigenvalue weighted by Crippen LogP contribution is 2.29. The monoisotopic (exact) mass is 267 g/mol. The first-order chi connectivity index (χ1) is 9.24. The van der Waals surface area contributed by atoms with Crippen LogP contribution in [-0.2, 0) is 4.74 Å². The second kappa shape index (κ2) is 6.75. The molecule has 2 unspecified atom stereocenters. The van der Waals surface area contributed by atoms with Gasteiger partial charge in [-0.2, -0.15) is 0 Å². The van der Waals surface area contributed by atoms with Crippen LogP contribution in [0.2, 0.25) is 0 Å². The van der Waals surface area contributed by atoms with Gasteiger partial charge in [0.1, 0.15) is 11.5 Å². The Balaban J connectivity index is 2.01. The molecule has 0 bridgehead atoms. The summed E-state index contributed by atoms with van der Waals surface area (Å²) in [4.78, 5) is 0. The van der Waals surface area contributed by atoms with E-state index in [1.165, 1.54) is 0 Å². The standard InChI is InChI=1S/C14H21NO4/c1-17-11-3-4-14(18-2)12(7-11)13(16)8-15-10-5-6-19-9-10/h3-4,7,10,13,15-16H,5-6,8-9H2,1-2H3. The van der Waals surface area contributed by atoms with E-state index in [1.807, 2.05) is 6.07 Å². The number of rotatable bonds is 6. The van der Waals surface area contributed by atoms with E-state index in [1.54, 1.807) is 26.4 Å². The summed E-state index contributed by atoms with van der Waals surface area (Å²) in [5.41, 5.74) is 0.730. The van der Waals surface area contributed by atoms with E-state index < -0.39 is 6.10 Å². The van der Waals surface area contributed by atoms with E-state index in [-0.39, 0.29) is 0 Å². The maximum atomic E-state index is 10.3. The molecule has 1 aliphatic heterocycles. The molecule has 0 aliphatic carbocycles. The van der Waals surface area contributed by atoms with Gasteiger partial charge in [0.15, 0.2) is 0 Å². The van der Waals surface area contributed by atoms with Crippen LogP contribution in [0.1, 0.15) is 18.1 Å². The number of aliphatic hydroxyl groups excluding tert-OH is 1. The van der Waals surface area contributed by atoms with Gasteiger partial charge in [-0.25, -0.2) is 0 Å². The largest absolute Gasteiger partial charge is 0.497 e. The van der Waals surface area contributed by atoms with Crippen molar-refractivity contribution in [2.24, 2.45) is 0 Å². The van der Waals surface area contributed by atoms with Crippen molar-refractivity contribution in [2.45, 2.75) is 18.6 Å². The van der Waals surface area contributed by atoms with Gasteiger partial charge in [0.2, 0.25) is 0 Å². The molecule has 5 heteroatoms. The fourth-order valence-corrected chi connectivity index (χ4v) is 2.18. The van der Waals surface area contributed by atoms with Crippen molar-refractivity contribution >= 4 is 0 Å². The van der Waals surface area contributed by atoms with E-state index in [0.29, 0.717) is 30.7 Å². The first-order valence-corrected chi connectivity index (χ1v) is 6.45. The SMILES string of the molecule is COc1ccc(OC)c(C(O)CNC2CCOC2)c1. The predicted octanol–water partition coefficient (Wildman–Crippen LogP) is 1.12. The zero-order valence-electron chi connectivity index (χ0n) is 11.4. The maximum Gasteiger partial charge on any atom is 0.124 e. The Hall–Kier alpha value is -1.30. The Labute approximate surface area is 113 Å². The lowest BCUT2D eigenvalue weighted by Gasteiger charge is -2.18. The van der Waals surface area contributed by atoms with Gasteiger partial charge in [-0.1, -0.05) is 0 Å². The smallest absolute Gasteiger partial charge is 0.124 e. The molecule has 0 aromatic heterocycles. The van der Waals surface area contributed by atoms with E-state index in [2.05, 4.69) is 5.32 Å². The Bertz CT molecular complexity index is 404. The number of ether oxygens (including phenoxy) is 3. The maximum absolute atomic E-state index is 10.3. The number of nitrogens with one attached hydrogen (secondary N) is 1. The summed E-state index contributed by atoms with van der Waals surface area (Å²) in [6, 6.07) is 5.74. The third-order valence-electron chi connectivity index (χ3n) is 3.33. The van der Waals surface area contributed by atoms with E-state index in [0.717, 1.165) is 18.6 Å². The predicted molar refractivity (Wildman–Crippen MR) is 71.7 cm³/mol. The molecule has 1 fully saturated rings. The van der Waals surface area contributed by atoms with Crippen LogP contribution in [0.5, 0.6) is 11.5 Å². The van der Waals surface area contributed by atoms with E-state index in [9.17, 15) is 5.11 Å². The molecule has 1 aromatic carbocycles. The summed E-state index contributed by atoms with van der Waals surface area (Å²) < 4.78 is 15.7. The lowest BCUT2D eigenvalue weighted by atomic mass is 10.1. The Morgan fingerprint density at radius 2 is 2.26 bits per heavy atom. The first-order valence-electron chi connectivity index (χ1n) is 6.45. The fourth-order valence-electron chi connectivity index (χ4n) is 2.18. The van der Waals surface area contributed by atoms with Crippen LogP contribution in [0.15, 0.2) is 18.2 Å². The molecule has 0 radical (unpaired) electrons. The highest BCUT2D eigenvalue weighted by Gasteiger charge is 2.19. The van der Waals surface area contributed by atoms with Gasteiger partial charge in [-0.15, -0.1) is 0 Å². The molecule has 1 aliphatic rings. The minimum Gasteiger partial charge on any atom is -0.497 e. The molecular formula is C14H21NO4. The molecule has 0 spiro atoms. The molecular weight excluding hydrogens is 246 g/mol. The Morgan fingerprint density at radius 3 is 2.89 bits per heavy atom. The molecule has 2 rings (SSSR count). The minimum absolute atomic E-state index is 0.325. The lowest BCUT2D eigenvalue weighted by molar-refractivity contribution is 0.158. The van der Waals surface area contributed by atoms with Crippen molar-refractivity contribution in [2.75, 3.05) is 34.0 Å². The van der Waals surface area contributed by atoms with Gasteiger partial charge in [0, 0.05) is 24.8 Å². The molecule has 1 aromatic rings.